The van der Waals surface area contributed by atoms with Crippen molar-refractivity contribution >= 4 is 28.2 Å². The normalized spacial score (nSPS) is 13.9. The number of anilines is 1. The number of ether oxygens (including phenoxy) is 1. The predicted octanol–water partition coefficient (Wildman–Crippen LogP) is 4.36. The lowest BCUT2D eigenvalue weighted by Crippen LogP contribution is -2.38. The van der Waals surface area contributed by atoms with Crippen molar-refractivity contribution in [2.45, 2.75) is 60.3 Å². The summed E-state index contributed by atoms with van der Waals surface area (Å²) in [5.41, 5.74) is 1.67. The van der Waals surface area contributed by atoms with Crippen LogP contribution in [0.15, 0.2) is 0 Å². The monoisotopic (exact) mass is 394 g/mol. The van der Waals surface area contributed by atoms with Gasteiger partial charge in [-0.1, -0.05) is 27.7 Å². The number of carbonyl (C=O) groups excluding carboxylic acids is 2. The van der Waals surface area contributed by atoms with Crippen molar-refractivity contribution in [3.8, 4) is 0 Å². The van der Waals surface area contributed by atoms with Gasteiger partial charge in [0.2, 0.25) is 5.91 Å². The summed E-state index contributed by atoms with van der Waals surface area (Å²) in [5, 5.41) is 3.69. The summed E-state index contributed by atoms with van der Waals surface area (Å²) in [6.07, 6.45) is 4.09. The van der Waals surface area contributed by atoms with Gasteiger partial charge in [-0.3, -0.25) is 9.69 Å². The fourth-order valence-corrected chi connectivity index (χ4v) is 4.97. The Bertz CT molecular complexity index is 642. The summed E-state index contributed by atoms with van der Waals surface area (Å²) in [5.74, 6) is 0.634. The Labute approximate surface area is 167 Å². The average Bonchev–Trinajstić information content (AvgIpc) is 2.91. The predicted molar refractivity (Wildman–Crippen MR) is 112 cm³/mol. The van der Waals surface area contributed by atoms with Gasteiger partial charge in [0.05, 0.1) is 18.7 Å². The molecule has 0 atom stereocenters. The van der Waals surface area contributed by atoms with Gasteiger partial charge in [0.15, 0.2) is 0 Å². The van der Waals surface area contributed by atoms with Gasteiger partial charge in [0.25, 0.3) is 0 Å². The molecule has 1 amide bonds. The second kappa shape index (κ2) is 10.2. The Hall–Kier alpha value is -1.40. The molecule has 5 nitrogen and oxygen atoms in total. The van der Waals surface area contributed by atoms with Crippen LogP contribution in [0.1, 0.15) is 68.3 Å². The Morgan fingerprint density at radius 2 is 1.74 bits per heavy atom. The lowest BCUT2D eigenvalue weighted by Gasteiger charge is -2.25. The van der Waals surface area contributed by atoms with E-state index in [9.17, 15) is 9.59 Å². The zero-order valence-corrected chi connectivity index (χ0v) is 18.2. The molecule has 1 aromatic heterocycles. The van der Waals surface area contributed by atoms with E-state index < -0.39 is 0 Å². The first kappa shape index (κ1) is 21.9. The zero-order valence-electron chi connectivity index (χ0n) is 17.4. The van der Waals surface area contributed by atoms with Crippen LogP contribution in [0.3, 0.4) is 0 Å². The maximum atomic E-state index is 12.7. The molecule has 27 heavy (non-hydrogen) atoms. The van der Waals surface area contributed by atoms with Gasteiger partial charge in [-0.15, -0.1) is 11.3 Å². The van der Waals surface area contributed by atoms with Gasteiger partial charge in [-0.25, -0.2) is 4.79 Å². The molecule has 152 valence electrons. The molecular formula is C21H34N2O3S. The first-order valence-corrected chi connectivity index (χ1v) is 11.0. The van der Waals surface area contributed by atoms with Crippen molar-refractivity contribution in [2.24, 2.45) is 11.8 Å². The summed E-state index contributed by atoms with van der Waals surface area (Å²) in [6, 6.07) is 0. The maximum Gasteiger partial charge on any atom is 0.341 e. The smallest absolute Gasteiger partial charge is 0.341 e. The van der Waals surface area contributed by atoms with Crippen LogP contribution in [0, 0.1) is 11.8 Å². The van der Waals surface area contributed by atoms with Crippen LogP contribution < -0.4 is 5.32 Å². The minimum absolute atomic E-state index is 0.0551. The zero-order chi connectivity index (χ0) is 20.0. The van der Waals surface area contributed by atoms with Gasteiger partial charge in [-0.2, -0.15) is 0 Å². The second-order valence-electron chi connectivity index (χ2n) is 8.17. The highest BCUT2D eigenvalue weighted by atomic mass is 32.1. The number of aryl methyl sites for hydroxylation is 1. The van der Waals surface area contributed by atoms with E-state index in [1.807, 2.05) is 6.92 Å². The third-order valence-electron chi connectivity index (χ3n) is 4.52. The topological polar surface area (TPSA) is 58.6 Å². The van der Waals surface area contributed by atoms with Gasteiger partial charge in [-0.05, 0) is 50.0 Å². The Morgan fingerprint density at radius 3 is 2.33 bits per heavy atom. The van der Waals surface area contributed by atoms with Crippen LogP contribution in [-0.4, -0.2) is 43.0 Å². The Kier molecular flexibility index (Phi) is 8.29. The minimum atomic E-state index is -0.312. The van der Waals surface area contributed by atoms with Crippen molar-refractivity contribution in [2.75, 3.05) is 31.6 Å². The second-order valence-corrected chi connectivity index (χ2v) is 9.27. The standard InChI is InChI=1S/C21H34N2O3S/c1-6-26-21(25)19-16-9-7-8-10-17(16)27-20(19)22-18(24)13-23(11-14(2)3)12-15(4)5/h14-15H,6-13H2,1-5H3,(H,22,24). The van der Waals surface area contributed by atoms with E-state index in [1.165, 1.54) is 4.88 Å². The first-order chi connectivity index (χ1) is 12.8. The molecule has 1 heterocycles. The van der Waals surface area contributed by atoms with E-state index in [2.05, 4.69) is 37.9 Å². The third-order valence-corrected chi connectivity index (χ3v) is 5.72. The third kappa shape index (κ3) is 6.32. The molecule has 0 unspecified atom stereocenters. The molecular weight excluding hydrogens is 360 g/mol. The number of hydrogen-bond acceptors (Lipinski definition) is 5. The highest BCUT2D eigenvalue weighted by molar-refractivity contribution is 7.17. The molecule has 0 bridgehead atoms. The van der Waals surface area contributed by atoms with E-state index in [4.69, 9.17) is 4.74 Å². The summed E-state index contributed by atoms with van der Waals surface area (Å²) in [7, 11) is 0. The van der Waals surface area contributed by atoms with Crippen LogP contribution in [0.2, 0.25) is 0 Å². The van der Waals surface area contributed by atoms with Crippen molar-refractivity contribution in [3.63, 3.8) is 0 Å². The number of amides is 1. The molecule has 1 aromatic rings. The highest BCUT2D eigenvalue weighted by Gasteiger charge is 2.27. The van der Waals surface area contributed by atoms with Crippen LogP contribution in [0.25, 0.3) is 0 Å². The fourth-order valence-electron chi connectivity index (χ4n) is 3.68. The van der Waals surface area contributed by atoms with Crippen molar-refractivity contribution in [1.29, 1.82) is 0 Å². The number of carbonyl (C=O) groups is 2. The average molecular weight is 395 g/mol. The minimum Gasteiger partial charge on any atom is -0.462 e. The number of esters is 1. The molecule has 0 spiro atoms. The molecule has 0 fully saturated rings. The Morgan fingerprint density at radius 1 is 1.11 bits per heavy atom. The maximum absolute atomic E-state index is 12.7. The number of rotatable bonds is 9. The quantitative estimate of drug-likeness (QED) is 0.633. The van der Waals surface area contributed by atoms with Crippen molar-refractivity contribution < 1.29 is 14.3 Å². The van der Waals surface area contributed by atoms with E-state index in [0.717, 1.165) is 44.3 Å². The molecule has 6 heteroatoms. The number of fused-ring (bicyclic) bond motifs is 1. The van der Waals surface area contributed by atoms with Crippen molar-refractivity contribution in [3.05, 3.63) is 16.0 Å². The number of nitrogens with zero attached hydrogens (tertiary/aromatic N) is 1. The summed E-state index contributed by atoms with van der Waals surface area (Å²) in [6.45, 7) is 12.9. The van der Waals surface area contributed by atoms with E-state index in [-0.39, 0.29) is 11.9 Å². The molecule has 1 N–H and O–H groups in total. The van der Waals surface area contributed by atoms with Gasteiger partial charge in [0, 0.05) is 18.0 Å². The molecule has 1 aliphatic rings. The largest absolute Gasteiger partial charge is 0.462 e. The number of nitrogens with one attached hydrogen (secondary N) is 1. The summed E-state index contributed by atoms with van der Waals surface area (Å²) < 4.78 is 5.27. The van der Waals surface area contributed by atoms with Gasteiger partial charge in [0.1, 0.15) is 5.00 Å². The van der Waals surface area contributed by atoms with Gasteiger partial charge < -0.3 is 10.1 Å². The number of hydrogen-bond donors (Lipinski definition) is 1. The molecule has 0 saturated carbocycles. The molecule has 2 rings (SSSR count). The number of thiophene rings is 1. The lowest BCUT2D eigenvalue weighted by molar-refractivity contribution is -0.117. The molecule has 0 saturated heterocycles. The van der Waals surface area contributed by atoms with Crippen LogP contribution in [-0.2, 0) is 22.4 Å². The molecule has 0 aliphatic heterocycles. The van der Waals surface area contributed by atoms with E-state index in [0.29, 0.717) is 35.6 Å². The highest BCUT2D eigenvalue weighted by Crippen LogP contribution is 2.38. The van der Waals surface area contributed by atoms with Crippen LogP contribution >= 0.6 is 11.3 Å². The first-order valence-electron chi connectivity index (χ1n) is 10.2. The van der Waals surface area contributed by atoms with Gasteiger partial charge >= 0.3 is 5.97 Å². The molecule has 0 radical (unpaired) electrons. The Balaban J connectivity index is 2.16. The van der Waals surface area contributed by atoms with E-state index >= 15 is 0 Å². The fraction of sp³-hybridized carbons (Fsp3) is 0.714. The molecule has 0 aromatic carbocycles. The summed E-state index contributed by atoms with van der Waals surface area (Å²) >= 11 is 1.55. The van der Waals surface area contributed by atoms with E-state index in [1.54, 1.807) is 11.3 Å². The SMILES string of the molecule is CCOC(=O)c1c(NC(=O)CN(CC(C)C)CC(C)C)sc2c1CCCC2. The molecule has 1 aliphatic carbocycles. The van der Waals surface area contributed by atoms with Crippen molar-refractivity contribution in [1.82, 2.24) is 4.90 Å². The van der Waals surface area contributed by atoms with Crippen LogP contribution in [0.4, 0.5) is 5.00 Å². The lowest BCUT2D eigenvalue weighted by atomic mass is 9.95. The van der Waals surface area contributed by atoms with Crippen LogP contribution in [0.5, 0.6) is 0 Å². The summed E-state index contributed by atoms with van der Waals surface area (Å²) in [4.78, 5) is 28.7.